The number of hydrogen-bond donors (Lipinski definition) is 5. The van der Waals surface area contributed by atoms with Crippen LogP contribution in [0.2, 0.25) is 0 Å². The topological polar surface area (TPSA) is 237 Å². The molecule has 57 heavy (non-hydrogen) atoms. The van der Waals surface area contributed by atoms with Gasteiger partial charge in [0.15, 0.2) is 0 Å². The van der Waals surface area contributed by atoms with Gasteiger partial charge in [0.25, 0.3) is 0 Å². The number of nitrogen functional groups attached to an aromatic ring is 4. The lowest BCUT2D eigenvalue weighted by molar-refractivity contribution is -0.133. The summed E-state index contributed by atoms with van der Waals surface area (Å²) in [7, 11) is 5.26. The summed E-state index contributed by atoms with van der Waals surface area (Å²) in [4.78, 5) is 55.5. The van der Waals surface area contributed by atoms with Crippen LogP contribution in [0.4, 0.5) is 35.2 Å². The van der Waals surface area contributed by atoms with Crippen molar-refractivity contribution < 1.29 is 9.59 Å². The van der Waals surface area contributed by atoms with Crippen LogP contribution in [0.5, 0.6) is 0 Å². The number of amides is 2. The van der Waals surface area contributed by atoms with Crippen molar-refractivity contribution in [1.82, 2.24) is 40.1 Å². The van der Waals surface area contributed by atoms with E-state index in [-0.39, 0.29) is 35.5 Å². The van der Waals surface area contributed by atoms with Crippen molar-refractivity contribution in [2.24, 2.45) is 11.8 Å². The normalized spacial score (nSPS) is 13.9. The molecule has 0 aliphatic carbocycles. The second-order valence-corrected chi connectivity index (χ2v) is 13.5. The van der Waals surface area contributed by atoms with Crippen LogP contribution < -0.4 is 38.1 Å². The van der Waals surface area contributed by atoms with Crippen molar-refractivity contribution in [3.63, 3.8) is 0 Å². The first-order valence-electron chi connectivity index (χ1n) is 19.0. The van der Waals surface area contributed by atoms with E-state index in [0.29, 0.717) is 30.5 Å². The molecule has 16 nitrogen and oxygen atoms in total. The predicted molar refractivity (Wildman–Crippen MR) is 226 cm³/mol. The molecule has 6 heterocycles. The van der Waals surface area contributed by atoms with Gasteiger partial charge in [0, 0.05) is 82.7 Å². The molecule has 2 aliphatic rings. The Morgan fingerprint density at radius 1 is 0.667 bits per heavy atom. The maximum Gasteiger partial charge on any atom is 0.225 e. The zero-order chi connectivity index (χ0) is 41.6. The summed E-state index contributed by atoms with van der Waals surface area (Å²) in [6.45, 7) is 10.6. The molecule has 0 saturated carbocycles. The number of anilines is 6. The van der Waals surface area contributed by atoms with E-state index in [1.165, 1.54) is 0 Å². The minimum absolute atomic E-state index is 0.0296. The van der Waals surface area contributed by atoms with Gasteiger partial charge in [-0.1, -0.05) is 37.5 Å². The first kappa shape index (κ1) is 43.1. The molecule has 0 aromatic carbocycles. The molecule has 2 saturated heterocycles. The van der Waals surface area contributed by atoms with Gasteiger partial charge in [-0.05, 0) is 63.8 Å². The second kappa shape index (κ2) is 20.3. The van der Waals surface area contributed by atoms with Gasteiger partial charge in [-0.25, -0.2) is 19.9 Å². The van der Waals surface area contributed by atoms with Crippen LogP contribution in [0.15, 0.2) is 36.7 Å². The highest BCUT2D eigenvalue weighted by Crippen LogP contribution is 2.28. The molecule has 9 N–H and O–H groups in total. The second-order valence-electron chi connectivity index (χ2n) is 13.5. The minimum atomic E-state index is 0.0296. The number of carbonyl (C=O) groups is 2. The summed E-state index contributed by atoms with van der Waals surface area (Å²) < 4.78 is 0. The van der Waals surface area contributed by atoms with Gasteiger partial charge in [0.05, 0.1) is 22.5 Å². The zero-order valence-electron chi connectivity index (χ0n) is 33.9. The average Bonchev–Trinajstić information content (AvgIpc) is 3.21. The lowest BCUT2D eigenvalue weighted by Crippen LogP contribution is -2.40. The molecular weight excluding hydrogens is 721 g/mol. The van der Waals surface area contributed by atoms with Crippen LogP contribution in [0.3, 0.4) is 0 Å². The third-order valence-electron chi connectivity index (χ3n) is 9.41. The van der Waals surface area contributed by atoms with E-state index in [4.69, 9.17) is 22.9 Å². The fraction of sp³-hybridized carbons (Fsp3) is 0.415. The van der Waals surface area contributed by atoms with Crippen LogP contribution >= 0.6 is 0 Å². The summed E-state index contributed by atoms with van der Waals surface area (Å²) in [6.07, 6.45) is 6.33. The largest absolute Gasteiger partial charge is 0.384 e. The Hall–Kier alpha value is -6.68. The van der Waals surface area contributed by atoms with Crippen LogP contribution in [-0.2, 0) is 9.59 Å². The fourth-order valence-corrected chi connectivity index (χ4v) is 6.40. The standard InChI is InChI=1S/C20H25N7O.C19H23N7O.C2H6/c1-13-16(6-4-14-5-7-17(21)23-12-14)18(25-20(22)24-13)27-10-8-15(9-11-27)19(28)26(2)3;1-12-15(5-3-13-4-6-16(20)23-11-13)17(25-19(21)24-12)26-9-7-14(8-10-26)18(27)22-2;1-2/h5,7,12,15H,8-11H2,1-3H3,(H2,21,23)(H2,22,24,25);4,6,11,14H,7-10H2,1-2H3,(H2,20,23)(H,22,27)(H2,21,24,25);1-2H3. The number of carbonyl (C=O) groups excluding carboxylic acids is 2. The predicted octanol–water partition coefficient (Wildman–Crippen LogP) is 2.78. The zero-order valence-corrected chi connectivity index (χ0v) is 33.9. The van der Waals surface area contributed by atoms with E-state index in [1.54, 1.807) is 50.6 Å². The Morgan fingerprint density at radius 3 is 1.42 bits per heavy atom. The Morgan fingerprint density at radius 2 is 1.07 bits per heavy atom. The van der Waals surface area contributed by atoms with E-state index in [0.717, 1.165) is 78.2 Å². The van der Waals surface area contributed by atoms with E-state index >= 15 is 0 Å². The lowest BCUT2D eigenvalue weighted by Gasteiger charge is -2.33. The highest BCUT2D eigenvalue weighted by molar-refractivity contribution is 5.79. The molecule has 0 unspecified atom stereocenters. The average molecular weight is 775 g/mol. The Kier molecular flexibility index (Phi) is 15.3. The highest BCUT2D eigenvalue weighted by atomic mass is 16.2. The Balaban J connectivity index is 0.000000242. The maximum atomic E-state index is 12.2. The van der Waals surface area contributed by atoms with Crippen molar-refractivity contribution in [2.45, 2.75) is 53.4 Å². The third kappa shape index (κ3) is 11.7. The summed E-state index contributed by atoms with van der Waals surface area (Å²) in [6, 6.07) is 7.06. The van der Waals surface area contributed by atoms with Crippen molar-refractivity contribution in [3.05, 3.63) is 70.3 Å². The summed E-state index contributed by atoms with van der Waals surface area (Å²) in [5.74, 6) is 15.6. The molecule has 16 heteroatoms. The van der Waals surface area contributed by atoms with Gasteiger partial charge in [0.2, 0.25) is 23.7 Å². The SMILES string of the molecule is CC.CNC(=O)C1CCN(c2nc(N)nc(C)c2C#Cc2ccc(N)nc2)CC1.Cc1nc(N)nc(N2CCC(C(=O)N(C)C)CC2)c1C#Cc1ccc(N)nc1. The van der Waals surface area contributed by atoms with E-state index < -0.39 is 0 Å². The van der Waals surface area contributed by atoms with Gasteiger partial charge in [0.1, 0.15) is 23.3 Å². The van der Waals surface area contributed by atoms with Crippen molar-refractivity contribution in [2.75, 3.05) is 80.1 Å². The van der Waals surface area contributed by atoms with E-state index in [2.05, 4.69) is 68.7 Å². The molecule has 6 rings (SSSR count). The number of pyridine rings is 2. The van der Waals surface area contributed by atoms with E-state index in [1.807, 2.05) is 39.8 Å². The van der Waals surface area contributed by atoms with Gasteiger partial charge in [-0.2, -0.15) is 9.97 Å². The Bertz CT molecular complexity index is 2120. The smallest absolute Gasteiger partial charge is 0.225 e. The molecule has 2 amide bonds. The van der Waals surface area contributed by atoms with Crippen LogP contribution in [0, 0.1) is 49.4 Å². The van der Waals surface area contributed by atoms with Gasteiger partial charge in [-0.15, -0.1) is 0 Å². The number of hydrogen-bond acceptors (Lipinski definition) is 14. The number of aryl methyl sites for hydroxylation is 2. The molecule has 2 fully saturated rings. The molecular formula is C41H54N14O2. The summed E-state index contributed by atoms with van der Waals surface area (Å²) >= 11 is 0. The number of nitrogens with two attached hydrogens (primary N) is 4. The van der Waals surface area contributed by atoms with E-state index in [9.17, 15) is 9.59 Å². The number of rotatable bonds is 4. The minimum Gasteiger partial charge on any atom is -0.384 e. The third-order valence-corrected chi connectivity index (χ3v) is 9.41. The van der Waals surface area contributed by atoms with Gasteiger partial charge in [-0.3, -0.25) is 9.59 Å². The molecule has 0 spiro atoms. The Labute approximate surface area is 335 Å². The number of piperidine rings is 2. The summed E-state index contributed by atoms with van der Waals surface area (Å²) in [5.41, 5.74) is 27.4. The first-order chi connectivity index (χ1) is 27.3. The monoisotopic (exact) mass is 774 g/mol. The molecule has 4 aromatic rings. The van der Waals surface area contributed by atoms with Crippen LogP contribution in [-0.4, -0.2) is 93.9 Å². The fourth-order valence-electron chi connectivity index (χ4n) is 6.40. The van der Waals surface area contributed by atoms with Crippen LogP contribution in [0.25, 0.3) is 0 Å². The van der Waals surface area contributed by atoms with Gasteiger partial charge >= 0.3 is 0 Å². The molecule has 4 aromatic heterocycles. The van der Waals surface area contributed by atoms with Crippen molar-refractivity contribution in [3.8, 4) is 23.7 Å². The number of nitrogens with one attached hydrogen (secondary N) is 1. The number of aromatic nitrogens is 6. The summed E-state index contributed by atoms with van der Waals surface area (Å²) in [5, 5.41) is 2.72. The lowest BCUT2D eigenvalue weighted by atomic mass is 9.95. The van der Waals surface area contributed by atoms with Crippen molar-refractivity contribution in [1.29, 1.82) is 0 Å². The highest BCUT2D eigenvalue weighted by Gasteiger charge is 2.29. The quantitative estimate of drug-likeness (QED) is 0.188. The van der Waals surface area contributed by atoms with Crippen LogP contribution in [0.1, 0.15) is 73.2 Å². The molecule has 0 radical (unpaired) electrons. The van der Waals surface area contributed by atoms with Gasteiger partial charge < -0.3 is 43.0 Å². The molecule has 2 aliphatic heterocycles. The maximum absolute atomic E-state index is 12.2. The molecule has 0 atom stereocenters. The molecule has 0 bridgehead atoms. The first-order valence-corrected chi connectivity index (χ1v) is 19.0. The molecule has 300 valence electrons. The number of nitrogens with zero attached hydrogens (tertiary/aromatic N) is 9. The van der Waals surface area contributed by atoms with Crippen molar-refractivity contribution >= 4 is 47.0 Å².